The lowest BCUT2D eigenvalue weighted by atomic mass is 9.85. The van der Waals surface area contributed by atoms with Gasteiger partial charge in [-0.15, -0.1) is 0 Å². The molecule has 3 nitrogen and oxygen atoms in total. The molecule has 2 aromatic carbocycles. The first-order valence-electron chi connectivity index (χ1n) is 7.86. The second-order valence-corrected chi connectivity index (χ2v) is 7.05. The van der Waals surface area contributed by atoms with Crippen molar-refractivity contribution in [3.05, 3.63) is 70.3 Å². The van der Waals surface area contributed by atoms with Crippen LogP contribution in [0.3, 0.4) is 0 Å². The standard InChI is InChI=1S/C20H20ClNO2/c1-20(2)12-13-10-14(21)8-9-15(13)17(22-20)11-18(23)16-6-4-5-7-19(16)24-3/h4-11,22H,12H2,1-3H3. The Bertz CT molecular complexity index is 824. The summed E-state index contributed by atoms with van der Waals surface area (Å²) in [5.74, 6) is 0.485. The normalized spacial score (nSPS) is 17.1. The number of ketones is 1. The zero-order valence-corrected chi connectivity index (χ0v) is 14.8. The third-order valence-electron chi connectivity index (χ3n) is 4.11. The minimum atomic E-state index is -0.148. The fourth-order valence-corrected chi connectivity index (χ4v) is 3.29. The molecule has 0 spiro atoms. The molecule has 0 atom stereocenters. The van der Waals surface area contributed by atoms with Gasteiger partial charge in [-0.3, -0.25) is 4.79 Å². The monoisotopic (exact) mass is 341 g/mol. The molecule has 124 valence electrons. The number of fused-ring (bicyclic) bond motifs is 1. The van der Waals surface area contributed by atoms with Crippen LogP contribution in [-0.2, 0) is 6.42 Å². The Morgan fingerprint density at radius 3 is 2.75 bits per heavy atom. The van der Waals surface area contributed by atoms with Crippen molar-refractivity contribution in [3.8, 4) is 5.75 Å². The summed E-state index contributed by atoms with van der Waals surface area (Å²) in [6.07, 6.45) is 2.49. The van der Waals surface area contributed by atoms with Gasteiger partial charge in [-0.2, -0.15) is 0 Å². The first kappa shape index (κ1) is 16.6. The van der Waals surface area contributed by atoms with E-state index >= 15 is 0 Å². The molecule has 0 aliphatic carbocycles. The molecule has 1 heterocycles. The Morgan fingerprint density at radius 2 is 2.00 bits per heavy atom. The maximum Gasteiger partial charge on any atom is 0.191 e. The van der Waals surface area contributed by atoms with Crippen LogP contribution in [0.4, 0.5) is 0 Å². The first-order chi connectivity index (χ1) is 11.4. The molecule has 0 unspecified atom stereocenters. The minimum Gasteiger partial charge on any atom is -0.496 e. The van der Waals surface area contributed by atoms with E-state index in [2.05, 4.69) is 19.2 Å². The summed E-state index contributed by atoms with van der Waals surface area (Å²) < 4.78 is 5.29. The summed E-state index contributed by atoms with van der Waals surface area (Å²) >= 11 is 6.14. The van der Waals surface area contributed by atoms with Crippen molar-refractivity contribution in [2.24, 2.45) is 0 Å². The number of carbonyl (C=O) groups is 1. The molecule has 4 heteroatoms. The van der Waals surface area contributed by atoms with Gasteiger partial charge >= 0.3 is 0 Å². The number of halogens is 1. The van der Waals surface area contributed by atoms with Crippen LogP contribution in [0.2, 0.25) is 5.02 Å². The van der Waals surface area contributed by atoms with Crippen LogP contribution in [0.1, 0.15) is 35.3 Å². The minimum absolute atomic E-state index is 0.0893. The molecule has 0 amide bonds. The highest BCUT2D eigenvalue weighted by atomic mass is 35.5. The van der Waals surface area contributed by atoms with E-state index in [1.54, 1.807) is 25.3 Å². The molecule has 3 rings (SSSR count). The number of benzene rings is 2. The van der Waals surface area contributed by atoms with Crippen molar-refractivity contribution >= 4 is 23.1 Å². The van der Waals surface area contributed by atoms with E-state index in [9.17, 15) is 4.79 Å². The molecule has 24 heavy (non-hydrogen) atoms. The van der Waals surface area contributed by atoms with Crippen LogP contribution in [0.25, 0.3) is 5.70 Å². The van der Waals surface area contributed by atoms with Gasteiger partial charge in [0, 0.05) is 27.9 Å². The fraction of sp³-hybridized carbons (Fsp3) is 0.250. The van der Waals surface area contributed by atoms with Crippen molar-refractivity contribution in [2.45, 2.75) is 25.8 Å². The number of hydrogen-bond donors (Lipinski definition) is 1. The zero-order valence-electron chi connectivity index (χ0n) is 14.0. The van der Waals surface area contributed by atoms with Gasteiger partial charge in [0.25, 0.3) is 0 Å². The Balaban J connectivity index is 2.05. The zero-order chi connectivity index (χ0) is 17.3. The third-order valence-corrected chi connectivity index (χ3v) is 4.35. The number of nitrogens with one attached hydrogen (secondary N) is 1. The van der Waals surface area contributed by atoms with Crippen molar-refractivity contribution < 1.29 is 9.53 Å². The highest BCUT2D eigenvalue weighted by molar-refractivity contribution is 6.30. The van der Waals surface area contributed by atoms with Gasteiger partial charge in [-0.05, 0) is 50.1 Å². The average Bonchev–Trinajstić information content (AvgIpc) is 2.53. The van der Waals surface area contributed by atoms with Crippen LogP contribution in [0.15, 0.2) is 48.5 Å². The topological polar surface area (TPSA) is 38.3 Å². The maximum absolute atomic E-state index is 12.8. The summed E-state index contributed by atoms with van der Waals surface area (Å²) in [6, 6.07) is 13.0. The van der Waals surface area contributed by atoms with E-state index in [4.69, 9.17) is 16.3 Å². The SMILES string of the molecule is COc1ccccc1C(=O)C=C1NC(C)(C)Cc2cc(Cl)ccc21. The van der Waals surface area contributed by atoms with E-state index < -0.39 is 0 Å². The van der Waals surface area contributed by atoms with E-state index in [1.165, 1.54) is 0 Å². The first-order valence-corrected chi connectivity index (χ1v) is 8.23. The lowest BCUT2D eigenvalue weighted by Gasteiger charge is -2.35. The van der Waals surface area contributed by atoms with Crippen LogP contribution >= 0.6 is 11.6 Å². The van der Waals surface area contributed by atoms with Crippen LogP contribution in [0, 0.1) is 0 Å². The summed E-state index contributed by atoms with van der Waals surface area (Å²) in [4.78, 5) is 12.8. The van der Waals surface area contributed by atoms with Crippen molar-refractivity contribution in [1.82, 2.24) is 5.32 Å². The summed E-state index contributed by atoms with van der Waals surface area (Å²) in [7, 11) is 1.57. The summed E-state index contributed by atoms with van der Waals surface area (Å²) in [5, 5.41) is 4.17. The quantitative estimate of drug-likeness (QED) is 0.660. The number of rotatable bonds is 3. The molecule has 1 aliphatic heterocycles. The Labute approximate surface area is 147 Å². The largest absolute Gasteiger partial charge is 0.496 e. The number of hydrogen-bond acceptors (Lipinski definition) is 3. The van der Waals surface area contributed by atoms with Crippen LogP contribution < -0.4 is 10.1 Å². The smallest absolute Gasteiger partial charge is 0.191 e. The van der Waals surface area contributed by atoms with E-state index in [-0.39, 0.29) is 11.3 Å². The predicted octanol–water partition coefficient (Wildman–Crippen LogP) is 4.50. The van der Waals surface area contributed by atoms with Gasteiger partial charge < -0.3 is 10.1 Å². The number of ether oxygens (including phenoxy) is 1. The molecular formula is C20H20ClNO2. The maximum atomic E-state index is 12.8. The van der Waals surface area contributed by atoms with Crippen LogP contribution in [0.5, 0.6) is 5.75 Å². The van der Waals surface area contributed by atoms with Crippen molar-refractivity contribution in [2.75, 3.05) is 7.11 Å². The molecule has 2 aromatic rings. The molecule has 1 N–H and O–H groups in total. The molecule has 0 fully saturated rings. The van der Waals surface area contributed by atoms with Gasteiger partial charge in [0.05, 0.1) is 12.7 Å². The van der Waals surface area contributed by atoms with Gasteiger partial charge in [0.15, 0.2) is 5.78 Å². The lowest BCUT2D eigenvalue weighted by Crippen LogP contribution is -2.43. The number of carbonyl (C=O) groups excluding carboxylic acids is 1. The van der Waals surface area contributed by atoms with Crippen molar-refractivity contribution in [3.63, 3.8) is 0 Å². The highest BCUT2D eigenvalue weighted by Gasteiger charge is 2.28. The van der Waals surface area contributed by atoms with E-state index in [0.29, 0.717) is 16.3 Å². The second kappa shape index (κ2) is 6.33. The molecular weight excluding hydrogens is 322 g/mol. The fourth-order valence-electron chi connectivity index (χ4n) is 3.09. The van der Waals surface area contributed by atoms with E-state index in [0.717, 1.165) is 23.2 Å². The van der Waals surface area contributed by atoms with Gasteiger partial charge in [-0.1, -0.05) is 29.8 Å². The Hall–Kier alpha value is -2.26. The number of methoxy groups -OCH3 is 1. The lowest BCUT2D eigenvalue weighted by molar-refractivity contribution is 0.104. The summed E-state index contributed by atoms with van der Waals surface area (Å²) in [6.45, 7) is 4.22. The molecule has 0 saturated heterocycles. The summed E-state index contributed by atoms with van der Waals surface area (Å²) in [5.41, 5.74) is 3.37. The molecule has 0 radical (unpaired) electrons. The van der Waals surface area contributed by atoms with Crippen LogP contribution in [-0.4, -0.2) is 18.4 Å². The molecule has 0 saturated carbocycles. The molecule has 0 bridgehead atoms. The Kier molecular flexibility index (Phi) is 4.37. The number of allylic oxidation sites excluding steroid dienone is 1. The Morgan fingerprint density at radius 1 is 1.25 bits per heavy atom. The average molecular weight is 342 g/mol. The second-order valence-electron chi connectivity index (χ2n) is 6.61. The van der Waals surface area contributed by atoms with Gasteiger partial charge in [0.1, 0.15) is 5.75 Å². The molecule has 1 aliphatic rings. The predicted molar refractivity (Wildman–Crippen MR) is 97.7 cm³/mol. The third kappa shape index (κ3) is 3.31. The van der Waals surface area contributed by atoms with Gasteiger partial charge in [-0.25, -0.2) is 0 Å². The molecule has 0 aromatic heterocycles. The van der Waals surface area contributed by atoms with Gasteiger partial charge in [0.2, 0.25) is 0 Å². The van der Waals surface area contributed by atoms with Crippen molar-refractivity contribution in [1.29, 1.82) is 0 Å². The van der Waals surface area contributed by atoms with E-state index in [1.807, 2.05) is 30.3 Å². The number of para-hydroxylation sites is 1. The highest BCUT2D eigenvalue weighted by Crippen LogP contribution is 2.32.